The molecule has 0 bridgehead atoms. The number of hydrogen-bond acceptors (Lipinski definition) is 1. The summed E-state index contributed by atoms with van der Waals surface area (Å²) in [7, 11) is 0. The lowest BCUT2D eigenvalue weighted by Crippen LogP contribution is -1.94. The van der Waals surface area contributed by atoms with E-state index in [0.717, 1.165) is 0 Å². The lowest BCUT2D eigenvalue weighted by atomic mass is 10.1. The van der Waals surface area contributed by atoms with E-state index in [1.807, 2.05) is 6.07 Å². The Morgan fingerprint density at radius 3 is 2.33 bits per heavy atom. The Bertz CT molecular complexity index is 295. The van der Waals surface area contributed by atoms with E-state index in [0.29, 0.717) is 0 Å². The molecule has 0 unspecified atom stereocenters. The molecular formula is C9H7F2N. The number of nitrogens with zero attached hydrogens (tertiary/aromatic N) is 1. The minimum Gasteiger partial charge on any atom is -0.207 e. The number of hydrogen-bond donors (Lipinski definition) is 0. The first-order valence-electron chi connectivity index (χ1n) is 3.55. The predicted molar refractivity (Wildman–Crippen MR) is 40.3 cm³/mol. The van der Waals surface area contributed by atoms with E-state index in [-0.39, 0.29) is 18.4 Å². The van der Waals surface area contributed by atoms with E-state index in [4.69, 9.17) is 5.26 Å². The highest BCUT2D eigenvalue weighted by Gasteiger charge is 2.06. The van der Waals surface area contributed by atoms with Gasteiger partial charge in [-0.05, 0) is 18.6 Å². The van der Waals surface area contributed by atoms with Crippen LogP contribution in [0.2, 0.25) is 0 Å². The Morgan fingerprint density at radius 1 is 1.25 bits per heavy atom. The van der Waals surface area contributed by atoms with Crippen LogP contribution < -0.4 is 0 Å². The van der Waals surface area contributed by atoms with Crippen molar-refractivity contribution in [1.82, 2.24) is 0 Å². The molecule has 0 atom stereocenters. The van der Waals surface area contributed by atoms with Crippen molar-refractivity contribution >= 4 is 0 Å². The van der Waals surface area contributed by atoms with E-state index >= 15 is 0 Å². The van der Waals surface area contributed by atoms with Crippen LogP contribution in [0, 0.1) is 23.0 Å². The minimum atomic E-state index is -0.578. The van der Waals surface area contributed by atoms with Crippen molar-refractivity contribution in [2.75, 3.05) is 0 Å². The van der Waals surface area contributed by atoms with Crippen LogP contribution in [0.5, 0.6) is 0 Å². The van der Waals surface area contributed by atoms with Crippen LogP contribution in [-0.2, 0) is 6.42 Å². The maximum Gasteiger partial charge on any atom is 0.129 e. The molecule has 12 heavy (non-hydrogen) atoms. The maximum absolute atomic E-state index is 12.8. The number of nitriles is 1. The second kappa shape index (κ2) is 3.82. The van der Waals surface area contributed by atoms with Gasteiger partial charge in [0, 0.05) is 12.0 Å². The summed E-state index contributed by atoms with van der Waals surface area (Å²) in [6.45, 7) is 0. The zero-order valence-electron chi connectivity index (χ0n) is 6.35. The van der Waals surface area contributed by atoms with Gasteiger partial charge in [0.25, 0.3) is 0 Å². The van der Waals surface area contributed by atoms with Gasteiger partial charge >= 0.3 is 0 Å². The van der Waals surface area contributed by atoms with Gasteiger partial charge in [-0.25, -0.2) is 8.78 Å². The van der Waals surface area contributed by atoms with E-state index in [2.05, 4.69) is 0 Å². The Morgan fingerprint density at radius 2 is 1.83 bits per heavy atom. The highest BCUT2D eigenvalue weighted by atomic mass is 19.1. The monoisotopic (exact) mass is 167 g/mol. The van der Waals surface area contributed by atoms with Gasteiger partial charge in [0.15, 0.2) is 0 Å². The van der Waals surface area contributed by atoms with Crippen molar-refractivity contribution in [1.29, 1.82) is 5.26 Å². The molecule has 0 saturated carbocycles. The van der Waals surface area contributed by atoms with E-state index < -0.39 is 11.6 Å². The molecular weight excluding hydrogens is 160 g/mol. The van der Waals surface area contributed by atoms with Gasteiger partial charge in [-0.1, -0.05) is 6.07 Å². The fraction of sp³-hybridized carbons (Fsp3) is 0.222. The molecule has 1 rings (SSSR count). The molecule has 0 aliphatic heterocycles. The normalized spacial score (nSPS) is 9.42. The molecule has 3 heteroatoms. The molecule has 0 N–H and O–H groups in total. The molecule has 0 aliphatic rings. The molecule has 0 saturated heterocycles. The lowest BCUT2D eigenvalue weighted by Gasteiger charge is -2.00. The highest BCUT2D eigenvalue weighted by molar-refractivity contribution is 5.20. The Kier molecular flexibility index (Phi) is 2.76. The number of halogens is 2. The van der Waals surface area contributed by atoms with Gasteiger partial charge in [-0.3, -0.25) is 0 Å². The fourth-order valence-electron chi connectivity index (χ4n) is 0.952. The summed E-state index contributed by atoms with van der Waals surface area (Å²) in [6.07, 6.45) is 0.271. The Balaban J connectivity index is 2.90. The average Bonchev–Trinajstić information content (AvgIpc) is 2.04. The van der Waals surface area contributed by atoms with Crippen LogP contribution in [0.4, 0.5) is 8.78 Å². The maximum atomic E-state index is 12.8. The van der Waals surface area contributed by atoms with Crippen molar-refractivity contribution in [3.8, 4) is 6.07 Å². The molecule has 1 aromatic rings. The quantitative estimate of drug-likeness (QED) is 0.663. The van der Waals surface area contributed by atoms with Crippen molar-refractivity contribution in [3.05, 3.63) is 35.4 Å². The molecule has 0 fully saturated rings. The summed E-state index contributed by atoms with van der Waals surface area (Å²) < 4.78 is 25.6. The standard InChI is InChI=1S/C9H7F2N/c10-8-4-1-5-9(11)7(8)3-2-6-12/h1,4-5H,2-3H2. The zero-order chi connectivity index (χ0) is 8.97. The van der Waals surface area contributed by atoms with Crippen LogP contribution in [-0.4, -0.2) is 0 Å². The molecule has 1 nitrogen and oxygen atoms in total. The summed E-state index contributed by atoms with van der Waals surface area (Å²) in [4.78, 5) is 0. The number of benzene rings is 1. The average molecular weight is 167 g/mol. The summed E-state index contributed by atoms with van der Waals surface area (Å²) in [5.74, 6) is -1.16. The second-order valence-electron chi connectivity index (χ2n) is 2.36. The molecule has 0 heterocycles. The molecule has 0 aliphatic carbocycles. The molecule has 0 aromatic heterocycles. The summed E-state index contributed by atoms with van der Waals surface area (Å²) >= 11 is 0. The SMILES string of the molecule is N#CCCc1c(F)cccc1F. The summed E-state index contributed by atoms with van der Waals surface area (Å²) in [6, 6.07) is 5.52. The van der Waals surface area contributed by atoms with Crippen LogP contribution in [0.15, 0.2) is 18.2 Å². The van der Waals surface area contributed by atoms with E-state index in [1.165, 1.54) is 18.2 Å². The summed E-state index contributed by atoms with van der Waals surface area (Å²) in [5.41, 5.74) is -0.000880. The molecule has 1 aromatic carbocycles. The van der Waals surface area contributed by atoms with Crippen molar-refractivity contribution in [3.63, 3.8) is 0 Å². The van der Waals surface area contributed by atoms with Gasteiger partial charge < -0.3 is 0 Å². The van der Waals surface area contributed by atoms with Crippen molar-refractivity contribution in [2.24, 2.45) is 0 Å². The van der Waals surface area contributed by atoms with Crippen LogP contribution in [0.3, 0.4) is 0 Å². The molecule has 0 amide bonds. The van der Waals surface area contributed by atoms with Crippen molar-refractivity contribution in [2.45, 2.75) is 12.8 Å². The first-order chi connectivity index (χ1) is 5.75. The van der Waals surface area contributed by atoms with Crippen LogP contribution in [0.25, 0.3) is 0 Å². The predicted octanol–water partition coefficient (Wildman–Crippen LogP) is 2.42. The Hall–Kier alpha value is -1.43. The largest absolute Gasteiger partial charge is 0.207 e. The van der Waals surface area contributed by atoms with Gasteiger partial charge in [0.2, 0.25) is 0 Å². The van der Waals surface area contributed by atoms with Gasteiger partial charge in [0.1, 0.15) is 11.6 Å². The highest BCUT2D eigenvalue weighted by Crippen LogP contribution is 2.13. The van der Waals surface area contributed by atoms with Gasteiger partial charge in [0.05, 0.1) is 6.07 Å². The lowest BCUT2D eigenvalue weighted by molar-refractivity contribution is 0.556. The third kappa shape index (κ3) is 1.79. The summed E-state index contributed by atoms with van der Waals surface area (Å²) in [5, 5.41) is 8.21. The molecule has 0 radical (unpaired) electrons. The minimum absolute atomic E-state index is 0.000880. The van der Waals surface area contributed by atoms with Gasteiger partial charge in [-0.15, -0.1) is 0 Å². The first kappa shape index (κ1) is 8.66. The molecule has 62 valence electrons. The smallest absolute Gasteiger partial charge is 0.129 e. The second-order valence-corrected chi connectivity index (χ2v) is 2.36. The molecule has 0 spiro atoms. The topological polar surface area (TPSA) is 23.8 Å². The Labute approximate surface area is 69.2 Å². The van der Waals surface area contributed by atoms with Crippen molar-refractivity contribution < 1.29 is 8.78 Å². The van der Waals surface area contributed by atoms with Crippen LogP contribution >= 0.6 is 0 Å². The fourth-order valence-corrected chi connectivity index (χ4v) is 0.952. The number of rotatable bonds is 2. The van der Waals surface area contributed by atoms with Gasteiger partial charge in [-0.2, -0.15) is 5.26 Å². The first-order valence-corrected chi connectivity index (χ1v) is 3.55. The van der Waals surface area contributed by atoms with E-state index in [9.17, 15) is 8.78 Å². The third-order valence-electron chi connectivity index (χ3n) is 1.55. The zero-order valence-corrected chi connectivity index (χ0v) is 6.35. The van der Waals surface area contributed by atoms with E-state index in [1.54, 1.807) is 0 Å². The van der Waals surface area contributed by atoms with Crippen LogP contribution in [0.1, 0.15) is 12.0 Å². The third-order valence-corrected chi connectivity index (χ3v) is 1.55.